The Labute approximate surface area is 119 Å². The topological polar surface area (TPSA) is 63.4 Å². The third-order valence-electron chi connectivity index (χ3n) is 4.01. The second-order valence-corrected chi connectivity index (χ2v) is 7.55. The number of halogens is 1. The molecule has 1 aliphatic rings. The van der Waals surface area contributed by atoms with Gasteiger partial charge in [0.1, 0.15) is 5.82 Å². The summed E-state index contributed by atoms with van der Waals surface area (Å²) in [6, 6.07) is 3.82. The van der Waals surface area contributed by atoms with E-state index in [-0.39, 0.29) is 17.0 Å². The molecule has 0 aliphatic carbocycles. The van der Waals surface area contributed by atoms with E-state index < -0.39 is 15.8 Å². The number of sulfonamides is 1. The van der Waals surface area contributed by atoms with Gasteiger partial charge in [0, 0.05) is 25.2 Å². The largest absolute Gasteiger partial charge is 0.326 e. The van der Waals surface area contributed by atoms with Gasteiger partial charge in [0.2, 0.25) is 10.0 Å². The van der Waals surface area contributed by atoms with Crippen LogP contribution >= 0.6 is 0 Å². The monoisotopic (exact) mass is 300 g/mol. The molecule has 1 aromatic carbocycles. The van der Waals surface area contributed by atoms with Crippen molar-refractivity contribution in [3.63, 3.8) is 0 Å². The lowest BCUT2D eigenvalue weighted by Crippen LogP contribution is -2.29. The van der Waals surface area contributed by atoms with Gasteiger partial charge in [-0.1, -0.05) is 13.8 Å². The second kappa shape index (κ2) is 5.79. The SMILES string of the molecule is CC(C)C1CCN(S(=O)(=O)c2ccc(F)c(CN)c2)C1. The molecule has 1 fully saturated rings. The Hall–Kier alpha value is -0.980. The summed E-state index contributed by atoms with van der Waals surface area (Å²) in [5, 5.41) is 0. The van der Waals surface area contributed by atoms with Crippen molar-refractivity contribution >= 4 is 10.0 Å². The fourth-order valence-electron chi connectivity index (χ4n) is 2.53. The van der Waals surface area contributed by atoms with E-state index in [4.69, 9.17) is 5.73 Å². The summed E-state index contributed by atoms with van der Waals surface area (Å²) < 4.78 is 40.0. The van der Waals surface area contributed by atoms with Gasteiger partial charge in [-0.25, -0.2) is 12.8 Å². The molecule has 1 aliphatic heterocycles. The van der Waals surface area contributed by atoms with Crippen molar-refractivity contribution in [2.75, 3.05) is 13.1 Å². The lowest BCUT2D eigenvalue weighted by molar-refractivity contribution is 0.388. The Morgan fingerprint density at radius 2 is 2.15 bits per heavy atom. The Kier molecular flexibility index (Phi) is 4.46. The van der Waals surface area contributed by atoms with E-state index in [1.54, 1.807) is 0 Å². The third-order valence-corrected chi connectivity index (χ3v) is 5.87. The lowest BCUT2D eigenvalue weighted by atomic mass is 9.96. The van der Waals surface area contributed by atoms with Crippen molar-refractivity contribution in [3.8, 4) is 0 Å². The lowest BCUT2D eigenvalue weighted by Gasteiger charge is -2.18. The third kappa shape index (κ3) is 2.87. The molecule has 20 heavy (non-hydrogen) atoms. The number of benzene rings is 1. The maximum absolute atomic E-state index is 13.4. The van der Waals surface area contributed by atoms with E-state index in [2.05, 4.69) is 13.8 Å². The number of nitrogens with zero attached hydrogens (tertiary/aromatic N) is 1. The van der Waals surface area contributed by atoms with Crippen LogP contribution in [0.2, 0.25) is 0 Å². The van der Waals surface area contributed by atoms with E-state index in [0.29, 0.717) is 24.9 Å². The van der Waals surface area contributed by atoms with Crippen molar-refractivity contribution in [2.24, 2.45) is 17.6 Å². The highest BCUT2D eigenvalue weighted by Gasteiger charge is 2.33. The van der Waals surface area contributed by atoms with Crippen LogP contribution in [0, 0.1) is 17.7 Å². The zero-order chi connectivity index (χ0) is 14.9. The van der Waals surface area contributed by atoms with Gasteiger partial charge in [-0.15, -0.1) is 0 Å². The quantitative estimate of drug-likeness (QED) is 0.924. The van der Waals surface area contributed by atoms with Crippen molar-refractivity contribution in [1.82, 2.24) is 4.31 Å². The predicted molar refractivity (Wildman–Crippen MR) is 76.0 cm³/mol. The minimum absolute atomic E-state index is 0.0101. The minimum atomic E-state index is -3.54. The molecule has 0 radical (unpaired) electrons. The molecule has 1 unspecified atom stereocenters. The van der Waals surface area contributed by atoms with Crippen molar-refractivity contribution < 1.29 is 12.8 Å². The molecule has 0 spiro atoms. The molecule has 112 valence electrons. The average molecular weight is 300 g/mol. The normalized spacial score (nSPS) is 20.8. The average Bonchev–Trinajstić information content (AvgIpc) is 2.89. The molecular weight excluding hydrogens is 279 g/mol. The predicted octanol–water partition coefficient (Wildman–Crippen LogP) is 1.95. The highest BCUT2D eigenvalue weighted by atomic mass is 32.2. The van der Waals surface area contributed by atoms with Crippen LogP contribution in [0.25, 0.3) is 0 Å². The molecule has 1 aromatic rings. The molecule has 6 heteroatoms. The minimum Gasteiger partial charge on any atom is -0.326 e. The first-order chi connectivity index (χ1) is 9.36. The van der Waals surface area contributed by atoms with Gasteiger partial charge in [0.05, 0.1) is 4.90 Å². The molecule has 1 atom stereocenters. The number of hydrogen-bond acceptors (Lipinski definition) is 3. The van der Waals surface area contributed by atoms with Crippen molar-refractivity contribution in [1.29, 1.82) is 0 Å². The van der Waals surface area contributed by atoms with Crippen LogP contribution in [0.15, 0.2) is 23.1 Å². The van der Waals surface area contributed by atoms with Gasteiger partial charge in [-0.2, -0.15) is 4.31 Å². The summed E-state index contributed by atoms with van der Waals surface area (Å²) in [6.45, 7) is 5.26. The van der Waals surface area contributed by atoms with Crippen LogP contribution in [0.1, 0.15) is 25.8 Å². The highest BCUT2D eigenvalue weighted by Crippen LogP contribution is 2.29. The molecule has 0 saturated carbocycles. The Bertz CT molecular complexity index is 587. The Balaban J connectivity index is 2.27. The summed E-state index contributed by atoms with van der Waals surface area (Å²) in [5.74, 6) is 0.384. The van der Waals surface area contributed by atoms with E-state index in [0.717, 1.165) is 6.42 Å². The summed E-state index contributed by atoms with van der Waals surface area (Å²) in [6.07, 6.45) is 0.877. The first-order valence-corrected chi connectivity index (χ1v) is 8.29. The van der Waals surface area contributed by atoms with E-state index >= 15 is 0 Å². The van der Waals surface area contributed by atoms with E-state index in [1.807, 2.05) is 0 Å². The van der Waals surface area contributed by atoms with E-state index in [1.165, 1.54) is 22.5 Å². The maximum atomic E-state index is 13.4. The van der Waals surface area contributed by atoms with Crippen LogP contribution < -0.4 is 5.73 Å². The van der Waals surface area contributed by atoms with Crippen LogP contribution in [-0.4, -0.2) is 25.8 Å². The molecule has 2 N–H and O–H groups in total. The molecule has 1 saturated heterocycles. The molecule has 2 rings (SSSR count). The fourth-order valence-corrected chi connectivity index (χ4v) is 4.10. The van der Waals surface area contributed by atoms with Crippen molar-refractivity contribution in [2.45, 2.75) is 31.7 Å². The van der Waals surface area contributed by atoms with Gasteiger partial charge < -0.3 is 5.73 Å². The second-order valence-electron chi connectivity index (χ2n) is 5.61. The molecule has 0 aromatic heterocycles. The van der Waals surface area contributed by atoms with Crippen LogP contribution in [0.3, 0.4) is 0 Å². The van der Waals surface area contributed by atoms with Crippen LogP contribution in [-0.2, 0) is 16.6 Å². The first kappa shape index (κ1) is 15.4. The van der Waals surface area contributed by atoms with Gasteiger partial charge in [-0.3, -0.25) is 0 Å². The smallest absolute Gasteiger partial charge is 0.243 e. The standard InChI is InChI=1S/C14H21FN2O2S/c1-10(2)11-5-6-17(9-11)20(18,19)13-3-4-14(15)12(7-13)8-16/h3-4,7,10-11H,5-6,8-9,16H2,1-2H3. The summed E-state index contributed by atoms with van der Waals surface area (Å²) in [5.41, 5.74) is 5.66. The summed E-state index contributed by atoms with van der Waals surface area (Å²) in [4.78, 5) is 0.128. The van der Waals surface area contributed by atoms with Gasteiger partial charge in [0.15, 0.2) is 0 Å². The Morgan fingerprint density at radius 3 is 2.70 bits per heavy atom. The van der Waals surface area contributed by atoms with Crippen LogP contribution in [0.4, 0.5) is 4.39 Å². The molecular formula is C14H21FN2O2S. The van der Waals surface area contributed by atoms with Gasteiger partial charge in [-0.05, 0) is 36.5 Å². The molecule has 1 heterocycles. The van der Waals surface area contributed by atoms with Crippen molar-refractivity contribution in [3.05, 3.63) is 29.6 Å². The molecule has 0 amide bonds. The summed E-state index contributed by atoms with van der Waals surface area (Å²) >= 11 is 0. The van der Waals surface area contributed by atoms with Gasteiger partial charge >= 0.3 is 0 Å². The Morgan fingerprint density at radius 1 is 1.45 bits per heavy atom. The van der Waals surface area contributed by atoms with Crippen LogP contribution in [0.5, 0.6) is 0 Å². The number of hydrogen-bond donors (Lipinski definition) is 1. The van der Waals surface area contributed by atoms with E-state index in [9.17, 15) is 12.8 Å². The number of rotatable bonds is 4. The fraction of sp³-hybridized carbons (Fsp3) is 0.571. The summed E-state index contributed by atoms with van der Waals surface area (Å²) in [7, 11) is -3.54. The molecule has 4 nitrogen and oxygen atoms in total. The first-order valence-electron chi connectivity index (χ1n) is 6.85. The zero-order valence-corrected chi connectivity index (χ0v) is 12.7. The number of nitrogens with two attached hydrogens (primary N) is 1. The zero-order valence-electron chi connectivity index (χ0n) is 11.8. The van der Waals surface area contributed by atoms with Gasteiger partial charge in [0.25, 0.3) is 0 Å². The maximum Gasteiger partial charge on any atom is 0.243 e. The molecule has 0 bridgehead atoms. The highest BCUT2D eigenvalue weighted by molar-refractivity contribution is 7.89.